The fourth-order valence-electron chi connectivity index (χ4n) is 2.90. The molecule has 0 spiro atoms. The number of carbonyl (C=O) groups is 1. The van der Waals surface area contributed by atoms with Crippen molar-refractivity contribution in [2.45, 2.75) is 19.8 Å². The lowest BCUT2D eigenvalue weighted by Crippen LogP contribution is -2.47. The van der Waals surface area contributed by atoms with Gasteiger partial charge in [-0.3, -0.25) is 9.69 Å². The normalized spacial score (nSPS) is 25.0. The second kappa shape index (κ2) is 8.24. The Balaban J connectivity index is 1.74. The molecule has 0 aromatic heterocycles. The molecule has 1 N–H and O–H groups in total. The molecule has 0 saturated carbocycles. The number of rotatable bonds is 6. The summed E-state index contributed by atoms with van der Waals surface area (Å²) in [5.74, 6) is -0.151. The molecule has 2 fully saturated rings. The quantitative estimate of drug-likeness (QED) is 0.709. The molecule has 0 bridgehead atoms. The Morgan fingerprint density at radius 2 is 2.00 bits per heavy atom. The topological polar surface area (TPSA) is 79.0 Å². The van der Waals surface area contributed by atoms with E-state index in [9.17, 15) is 13.2 Å². The maximum atomic E-state index is 12.2. The molecule has 22 heavy (non-hydrogen) atoms. The molecule has 0 aliphatic carbocycles. The molecule has 7 nitrogen and oxygen atoms in total. The van der Waals surface area contributed by atoms with Crippen LogP contribution in [0.1, 0.15) is 19.8 Å². The molecule has 8 heteroatoms. The molecule has 2 saturated heterocycles. The van der Waals surface area contributed by atoms with Gasteiger partial charge in [0, 0.05) is 39.3 Å². The molecule has 0 aromatic carbocycles. The SMILES string of the molecule is CCS(=O)(=O)N1CCC[C@@H](C(=O)NCCN2CCOCC2)C1. The number of piperidine rings is 1. The Morgan fingerprint density at radius 3 is 2.68 bits per heavy atom. The minimum atomic E-state index is -3.19. The highest BCUT2D eigenvalue weighted by Crippen LogP contribution is 2.19. The van der Waals surface area contributed by atoms with Gasteiger partial charge < -0.3 is 10.1 Å². The Hall–Kier alpha value is -0.700. The molecule has 128 valence electrons. The third-order valence-electron chi connectivity index (χ3n) is 4.34. The summed E-state index contributed by atoms with van der Waals surface area (Å²) >= 11 is 0. The molecule has 0 aromatic rings. The summed E-state index contributed by atoms with van der Waals surface area (Å²) in [7, 11) is -3.19. The predicted molar refractivity (Wildman–Crippen MR) is 84.0 cm³/mol. The van der Waals surface area contributed by atoms with E-state index in [1.807, 2.05) is 0 Å². The van der Waals surface area contributed by atoms with Crippen molar-refractivity contribution < 1.29 is 17.9 Å². The Morgan fingerprint density at radius 1 is 1.27 bits per heavy atom. The van der Waals surface area contributed by atoms with E-state index in [1.54, 1.807) is 6.92 Å². The van der Waals surface area contributed by atoms with Crippen LogP contribution in [0.3, 0.4) is 0 Å². The first-order chi connectivity index (χ1) is 10.5. The summed E-state index contributed by atoms with van der Waals surface area (Å²) in [5, 5.41) is 2.95. The van der Waals surface area contributed by atoms with Gasteiger partial charge in [0.05, 0.1) is 24.9 Å². The lowest BCUT2D eigenvalue weighted by molar-refractivity contribution is -0.126. The van der Waals surface area contributed by atoms with Crippen LogP contribution in [0.15, 0.2) is 0 Å². The van der Waals surface area contributed by atoms with Crippen molar-refractivity contribution in [2.75, 3.05) is 58.2 Å². The summed E-state index contributed by atoms with van der Waals surface area (Å²) in [6.07, 6.45) is 1.51. The fourth-order valence-corrected chi connectivity index (χ4v) is 4.08. The first kappa shape index (κ1) is 17.7. The molecule has 0 radical (unpaired) electrons. The minimum absolute atomic E-state index is 0.0238. The molecule has 2 heterocycles. The van der Waals surface area contributed by atoms with Crippen LogP contribution in [-0.4, -0.2) is 81.8 Å². The molecule has 1 amide bonds. The number of morpholine rings is 1. The minimum Gasteiger partial charge on any atom is -0.379 e. The van der Waals surface area contributed by atoms with E-state index in [4.69, 9.17) is 4.74 Å². The Labute approximate surface area is 133 Å². The van der Waals surface area contributed by atoms with Crippen LogP contribution in [-0.2, 0) is 19.6 Å². The van der Waals surface area contributed by atoms with Crippen molar-refractivity contribution in [3.8, 4) is 0 Å². The van der Waals surface area contributed by atoms with Gasteiger partial charge in [0.1, 0.15) is 0 Å². The number of nitrogens with zero attached hydrogens (tertiary/aromatic N) is 2. The zero-order chi connectivity index (χ0) is 16.0. The number of hydrogen-bond acceptors (Lipinski definition) is 5. The van der Waals surface area contributed by atoms with Crippen molar-refractivity contribution in [1.82, 2.24) is 14.5 Å². The van der Waals surface area contributed by atoms with Crippen molar-refractivity contribution in [3.63, 3.8) is 0 Å². The van der Waals surface area contributed by atoms with E-state index < -0.39 is 10.0 Å². The highest BCUT2D eigenvalue weighted by atomic mass is 32.2. The van der Waals surface area contributed by atoms with Crippen LogP contribution in [0.4, 0.5) is 0 Å². The van der Waals surface area contributed by atoms with Gasteiger partial charge in [-0.2, -0.15) is 0 Å². The molecular formula is C14H27N3O4S. The number of ether oxygens (including phenoxy) is 1. The van der Waals surface area contributed by atoms with E-state index in [0.717, 1.165) is 45.7 Å². The summed E-state index contributed by atoms with van der Waals surface area (Å²) in [6, 6.07) is 0. The molecular weight excluding hydrogens is 306 g/mol. The van der Waals surface area contributed by atoms with Crippen molar-refractivity contribution in [3.05, 3.63) is 0 Å². The standard InChI is InChI=1S/C14H27N3O4S/c1-2-22(19,20)17-6-3-4-13(12-17)14(18)15-5-7-16-8-10-21-11-9-16/h13H,2-12H2,1H3,(H,15,18)/t13-/m1/s1. The van der Waals surface area contributed by atoms with Gasteiger partial charge in [-0.15, -0.1) is 0 Å². The summed E-state index contributed by atoms with van der Waals surface area (Å²) in [6.45, 7) is 7.23. The summed E-state index contributed by atoms with van der Waals surface area (Å²) in [5.41, 5.74) is 0. The molecule has 1 atom stereocenters. The maximum absolute atomic E-state index is 12.2. The van der Waals surface area contributed by atoms with E-state index in [0.29, 0.717) is 19.6 Å². The fraction of sp³-hybridized carbons (Fsp3) is 0.929. The van der Waals surface area contributed by atoms with E-state index in [1.165, 1.54) is 4.31 Å². The average molecular weight is 333 g/mol. The lowest BCUT2D eigenvalue weighted by atomic mass is 9.99. The molecule has 2 aliphatic rings. The van der Waals surface area contributed by atoms with Gasteiger partial charge in [0.15, 0.2) is 0 Å². The number of hydrogen-bond donors (Lipinski definition) is 1. The van der Waals surface area contributed by atoms with Gasteiger partial charge in [-0.25, -0.2) is 12.7 Å². The second-order valence-corrected chi connectivity index (χ2v) is 8.10. The maximum Gasteiger partial charge on any atom is 0.224 e. The number of carbonyl (C=O) groups excluding carboxylic acids is 1. The van der Waals surface area contributed by atoms with Crippen LogP contribution in [0.2, 0.25) is 0 Å². The second-order valence-electron chi connectivity index (χ2n) is 5.84. The molecule has 2 aliphatic heterocycles. The van der Waals surface area contributed by atoms with Gasteiger partial charge >= 0.3 is 0 Å². The Bertz CT molecular complexity index is 463. The number of sulfonamides is 1. The van der Waals surface area contributed by atoms with Crippen LogP contribution in [0.5, 0.6) is 0 Å². The average Bonchev–Trinajstić information content (AvgIpc) is 2.56. The Kier molecular flexibility index (Phi) is 6.61. The summed E-state index contributed by atoms with van der Waals surface area (Å²) < 4.78 is 30.6. The van der Waals surface area contributed by atoms with E-state index >= 15 is 0 Å². The zero-order valence-corrected chi connectivity index (χ0v) is 14.1. The molecule has 0 unspecified atom stereocenters. The highest BCUT2D eigenvalue weighted by Gasteiger charge is 2.31. The number of nitrogens with one attached hydrogen (secondary N) is 1. The van der Waals surface area contributed by atoms with Gasteiger partial charge in [0.2, 0.25) is 15.9 Å². The highest BCUT2D eigenvalue weighted by molar-refractivity contribution is 7.89. The third-order valence-corrected chi connectivity index (χ3v) is 6.19. The van der Waals surface area contributed by atoms with Gasteiger partial charge in [-0.1, -0.05) is 0 Å². The van der Waals surface area contributed by atoms with Crippen LogP contribution in [0, 0.1) is 5.92 Å². The first-order valence-corrected chi connectivity index (χ1v) is 9.69. The van der Waals surface area contributed by atoms with Gasteiger partial charge in [0.25, 0.3) is 0 Å². The van der Waals surface area contributed by atoms with Crippen molar-refractivity contribution in [1.29, 1.82) is 0 Å². The molecule has 2 rings (SSSR count). The van der Waals surface area contributed by atoms with E-state index in [-0.39, 0.29) is 17.6 Å². The monoisotopic (exact) mass is 333 g/mol. The smallest absolute Gasteiger partial charge is 0.224 e. The summed E-state index contributed by atoms with van der Waals surface area (Å²) in [4.78, 5) is 14.5. The van der Waals surface area contributed by atoms with Crippen molar-refractivity contribution in [2.24, 2.45) is 5.92 Å². The van der Waals surface area contributed by atoms with Crippen LogP contribution in [0.25, 0.3) is 0 Å². The predicted octanol–water partition coefficient (Wildman–Crippen LogP) is -0.503. The van der Waals surface area contributed by atoms with Crippen LogP contribution >= 0.6 is 0 Å². The lowest BCUT2D eigenvalue weighted by Gasteiger charge is -2.31. The number of amides is 1. The largest absolute Gasteiger partial charge is 0.379 e. The first-order valence-electron chi connectivity index (χ1n) is 8.08. The van der Waals surface area contributed by atoms with Crippen molar-refractivity contribution >= 4 is 15.9 Å². The zero-order valence-electron chi connectivity index (χ0n) is 13.3. The van der Waals surface area contributed by atoms with Crippen LogP contribution < -0.4 is 5.32 Å². The van der Waals surface area contributed by atoms with Gasteiger partial charge in [-0.05, 0) is 19.8 Å². The van der Waals surface area contributed by atoms with E-state index in [2.05, 4.69) is 10.2 Å². The third kappa shape index (κ3) is 4.91.